The number of hydroxylamine groups is 1. The second-order valence-electron chi connectivity index (χ2n) is 8.77. The van der Waals surface area contributed by atoms with Crippen LogP contribution in [0.3, 0.4) is 0 Å². The van der Waals surface area contributed by atoms with Crippen molar-refractivity contribution >= 4 is 32.4 Å². The average molecular weight is 534 g/mol. The van der Waals surface area contributed by atoms with E-state index < -0.39 is 27.7 Å². The van der Waals surface area contributed by atoms with E-state index in [2.05, 4.69) is 15.5 Å². The molecule has 0 aromatic heterocycles. The summed E-state index contributed by atoms with van der Waals surface area (Å²) >= 11 is 0. The molecule has 0 radical (unpaired) electrons. The molecule has 3 aromatic rings. The van der Waals surface area contributed by atoms with Crippen LogP contribution in [0.5, 0.6) is 5.75 Å². The zero-order chi connectivity index (χ0) is 26.3. The van der Waals surface area contributed by atoms with Crippen LogP contribution in [0, 0.1) is 0 Å². The van der Waals surface area contributed by atoms with Crippen molar-refractivity contribution < 1.29 is 36.0 Å². The van der Waals surface area contributed by atoms with Crippen molar-refractivity contribution in [3.63, 3.8) is 0 Å². The van der Waals surface area contributed by atoms with Gasteiger partial charge >= 0.3 is 6.36 Å². The van der Waals surface area contributed by atoms with Crippen molar-refractivity contribution in [3.8, 4) is 5.75 Å². The number of fused-ring (bicyclic) bond motifs is 1. The van der Waals surface area contributed by atoms with Crippen LogP contribution in [0.2, 0.25) is 0 Å². The van der Waals surface area contributed by atoms with Crippen molar-refractivity contribution in [2.75, 3.05) is 18.4 Å². The molecule has 0 saturated carbocycles. The minimum absolute atomic E-state index is 0.0981. The largest absolute Gasteiger partial charge is 0.573 e. The Morgan fingerprint density at radius 2 is 1.68 bits per heavy atom. The predicted octanol–water partition coefficient (Wildman–Crippen LogP) is 4.32. The third-order valence-corrected chi connectivity index (χ3v) is 8.20. The normalized spacial score (nSPS) is 17.9. The molecule has 0 bridgehead atoms. The van der Waals surface area contributed by atoms with Crippen LogP contribution < -0.4 is 15.5 Å². The standard InChI is InChI=1S/C25H22F3N3O5S/c26-25(27,28)35-20-7-9-21(10-8-20)37(33,34)31-13-11-24(12-14-31)16-22(30-36-24)23(32)29-19-6-5-17-3-1-2-4-18(17)15-19/h1-10,15-16,30H,11-14H2,(H,29,32). The number of carbonyl (C=O) groups is 1. The maximum atomic E-state index is 13.0. The van der Waals surface area contributed by atoms with Gasteiger partial charge in [-0.25, -0.2) is 8.42 Å². The van der Waals surface area contributed by atoms with Crippen LogP contribution >= 0.6 is 0 Å². The van der Waals surface area contributed by atoms with E-state index in [1.54, 1.807) is 12.1 Å². The molecule has 2 aliphatic rings. The van der Waals surface area contributed by atoms with Gasteiger partial charge < -0.3 is 10.1 Å². The zero-order valence-corrected chi connectivity index (χ0v) is 20.1. The highest BCUT2D eigenvalue weighted by molar-refractivity contribution is 7.89. The number of piperidine rings is 1. The maximum Gasteiger partial charge on any atom is 0.573 e. The van der Waals surface area contributed by atoms with E-state index in [0.717, 1.165) is 35.0 Å². The van der Waals surface area contributed by atoms with Crippen LogP contribution in [0.4, 0.5) is 18.9 Å². The first-order valence-electron chi connectivity index (χ1n) is 11.4. The first-order valence-corrected chi connectivity index (χ1v) is 12.8. The van der Waals surface area contributed by atoms with E-state index in [-0.39, 0.29) is 42.4 Å². The number of sulfonamides is 1. The van der Waals surface area contributed by atoms with Crippen LogP contribution in [-0.2, 0) is 19.7 Å². The second kappa shape index (κ2) is 9.36. The van der Waals surface area contributed by atoms with Crippen molar-refractivity contribution in [1.82, 2.24) is 9.79 Å². The van der Waals surface area contributed by atoms with Crippen LogP contribution in [-0.4, -0.2) is 43.7 Å². The molecule has 1 spiro atoms. The molecule has 0 atom stereocenters. The Kier molecular flexibility index (Phi) is 6.34. The van der Waals surface area contributed by atoms with Gasteiger partial charge in [0, 0.05) is 18.8 Å². The van der Waals surface area contributed by atoms with E-state index in [4.69, 9.17) is 4.84 Å². The molecule has 3 aromatic carbocycles. The summed E-state index contributed by atoms with van der Waals surface area (Å²) in [6, 6.07) is 17.4. The van der Waals surface area contributed by atoms with Gasteiger partial charge in [-0.05, 0) is 66.1 Å². The number of hydrogen-bond donors (Lipinski definition) is 2. The van der Waals surface area contributed by atoms with Crippen LogP contribution in [0.1, 0.15) is 12.8 Å². The lowest BCUT2D eigenvalue weighted by Crippen LogP contribution is -2.46. The summed E-state index contributed by atoms with van der Waals surface area (Å²) in [7, 11) is -3.94. The minimum Gasteiger partial charge on any atom is -0.406 e. The van der Waals surface area contributed by atoms with Gasteiger partial charge in [-0.15, -0.1) is 13.2 Å². The molecule has 1 fully saturated rings. The molecule has 8 nitrogen and oxygen atoms in total. The van der Waals surface area contributed by atoms with Crippen molar-refractivity contribution in [2.24, 2.45) is 0 Å². The Bertz CT molecular complexity index is 1460. The van der Waals surface area contributed by atoms with Gasteiger partial charge in [0.05, 0.1) is 4.90 Å². The van der Waals surface area contributed by atoms with Crippen molar-refractivity contribution in [2.45, 2.75) is 29.7 Å². The number of nitrogens with one attached hydrogen (secondary N) is 2. The van der Waals surface area contributed by atoms with E-state index in [1.165, 1.54) is 4.31 Å². The number of hydrogen-bond acceptors (Lipinski definition) is 6. The lowest BCUT2D eigenvalue weighted by Gasteiger charge is -2.35. The molecular weight excluding hydrogens is 511 g/mol. The Morgan fingerprint density at radius 3 is 2.35 bits per heavy atom. The molecule has 12 heteroatoms. The lowest BCUT2D eigenvalue weighted by atomic mass is 9.92. The number of rotatable bonds is 5. The van der Waals surface area contributed by atoms with Crippen LogP contribution in [0.15, 0.2) is 83.4 Å². The highest BCUT2D eigenvalue weighted by Gasteiger charge is 2.42. The Morgan fingerprint density at radius 1 is 1.00 bits per heavy atom. The zero-order valence-electron chi connectivity index (χ0n) is 19.3. The fraction of sp³-hybridized carbons (Fsp3) is 0.240. The van der Waals surface area contributed by atoms with Gasteiger partial charge in [-0.1, -0.05) is 30.3 Å². The summed E-state index contributed by atoms with van der Waals surface area (Å²) in [6.07, 6.45) is -2.64. The van der Waals surface area contributed by atoms with Gasteiger partial charge in [0.1, 0.15) is 17.0 Å². The molecule has 1 saturated heterocycles. The molecule has 2 aliphatic heterocycles. The van der Waals surface area contributed by atoms with Gasteiger partial charge in [-0.2, -0.15) is 4.31 Å². The molecular formula is C25H22F3N3O5S. The molecule has 1 amide bonds. The number of nitrogens with zero attached hydrogens (tertiary/aromatic N) is 1. The summed E-state index contributed by atoms with van der Waals surface area (Å²) in [5.41, 5.74) is 2.66. The van der Waals surface area contributed by atoms with Gasteiger partial charge in [0.25, 0.3) is 5.91 Å². The third-order valence-electron chi connectivity index (χ3n) is 6.29. The molecule has 2 N–H and O–H groups in total. The number of amides is 1. The average Bonchev–Trinajstić information content (AvgIpc) is 3.27. The Balaban J connectivity index is 1.22. The molecule has 0 unspecified atom stereocenters. The van der Waals surface area contributed by atoms with E-state index in [9.17, 15) is 26.4 Å². The summed E-state index contributed by atoms with van der Waals surface area (Å²) in [5.74, 6) is -0.891. The first-order chi connectivity index (χ1) is 17.5. The number of carbonyl (C=O) groups excluding carboxylic acids is 1. The lowest BCUT2D eigenvalue weighted by molar-refractivity contribution is -0.274. The summed E-state index contributed by atoms with van der Waals surface area (Å²) < 4.78 is 68.1. The number of halogens is 3. The molecule has 37 heavy (non-hydrogen) atoms. The third kappa shape index (κ3) is 5.41. The van der Waals surface area contributed by atoms with Gasteiger partial charge in [-0.3, -0.25) is 15.1 Å². The SMILES string of the molecule is O=C(Nc1ccc2ccccc2c1)C1=CC2(CCN(S(=O)(=O)c3ccc(OC(F)(F)F)cc3)CC2)ON1. The van der Waals surface area contributed by atoms with E-state index in [1.807, 2.05) is 36.4 Å². The van der Waals surface area contributed by atoms with E-state index in [0.29, 0.717) is 5.69 Å². The van der Waals surface area contributed by atoms with E-state index >= 15 is 0 Å². The summed E-state index contributed by atoms with van der Waals surface area (Å²) in [5, 5.41) is 4.87. The maximum absolute atomic E-state index is 13.0. The molecule has 2 heterocycles. The van der Waals surface area contributed by atoms with Crippen LogP contribution in [0.25, 0.3) is 10.8 Å². The Labute approximate surface area is 210 Å². The highest BCUT2D eigenvalue weighted by atomic mass is 32.2. The smallest absolute Gasteiger partial charge is 0.406 e. The summed E-state index contributed by atoms with van der Waals surface area (Å²) in [6.45, 7) is 0.196. The topological polar surface area (TPSA) is 97.0 Å². The highest BCUT2D eigenvalue weighted by Crippen LogP contribution is 2.34. The summed E-state index contributed by atoms with van der Waals surface area (Å²) in [4.78, 5) is 18.4. The Hall–Kier alpha value is -3.61. The minimum atomic E-state index is -4.87. The number of alkyl halides is 3. The number of ether oxygens (including phenoxy) is 1. The number of anilines is 1. The van der Waals surface area contributed by atoms with Gasteiger partial charge in [0.2, 0.25) is 10.0 Å². The molecule has 5 rings (SSSR count). The molecule has 0 aliphatic carbocycles. The molecule has 194 valence electrons. The quantitative estimate of drug-likeness (QED) is 0.507. The fourth-order valence-electron chi connectivity index (χ4n) is 4.37. The van der Waals surface area contributed by atoms with Gasteiger partial charge in [0.15, 0.2) is 0 Å². The predicted molar refractivity (Wildman–Crippen MR) is 129 cm³/mol. The fourth-order valence-corrected chi connectivity index (χ4v) is 5.81. The number of benzene rings is 3. The van der Waals surface area contributed by atoms with Crippen molar-refractivity contribution in [3.05, 3.63) is 78.5 Å². The monoisotopic (exact) mass is 533 g/mol. The van der Waals surface area contributed by atoms with Crippen molar-refractivity contribution in [1.29, 1.82) is 0 Å². The first kappa shape index (κ1) is 25.1. The second-order valence-corrected chi connectivity index (χ2v) is 10.7.